The van der Waals surface area contributed by atoms with E-state index in [0.717, 1.165) is 16.4 Å². The molecule has 0 saturated carbocycles. The van der Waals surface area contributed by atoms with Gasteiger partial charge in [0.1, 0.15) is 6.33 Å². The molecule has 0 spiro atoms. The van der Waals surface area contributed by atoms with Crippen molar-refractivity contribution in [1.29, 1.82) is 0 Å². The maximum absolute atomic E-state index is 12.5. The molecule has 0 aliphatic carbocycles. The Morgan fingerprint density at radius 1 is 1.07 bits per heavy atom. The maximum atomic E-state index is 12.5. The molecule has 3 rings (SSSR count). The summed E-state index contributed by atoms with van der Waals surface area (Å²) >= 11 is 1.41. The fourth-order valence-corrected chi connectivity index (χ4v) is 3.61. The quantitative estimate of drug-likeness (QED) is 0.608. The van der Waals surface area contributed by atoms with Crippen molar-refractivity contribution in [3.63, 3.8) is 0 Å². The first-order valence-electron chi connectivity index (χ1n) is 8.84. The Labute approximate surface area is 164 Å². The largest absolute Gasteiger partial charge is 0.341 e. The number of amides is 1. The zero-order valence-corrected chi connectivity index (χ0v) is 17.0. The van der Waals surface area contributed by atoms with Gasteiger partial charge < -0.3 is 4.90 Å². The first kappa shape index (κ1) is 19.2. The van der Waals surface area contributed by atoms with Gasteiger partial charge in [0.25, 0.3) is 0 Å². The minimum atomic E-state index is 0.0675. The van der Waals surface area contributed by atoms with Crippen LogP contribution in [0, 0.1) is 20.8 Å². The van der Waals surface area contributed by atoms with E-state index in [1.54, 1.807) is 11.2 Å². The molecule has 0 atom stereocenters. The number of hydrogen-bond acceptors (Lipinski definition) is 4. The van der Waals surface area contributed by atoms with Crippen LogP contribution in [0.4, 0.5) is 0 Å². The minimum Gasteiger partial charge on any atom is -0.341 e. The Morgan fingerprint density at radius 3 is 2.59 bits per heavy atom. The Balaban J connectivity index is 1.65. The molecule has 140 valence electrons. The Kier molecular flexibility index (Phi) is 5.96. The van der Waals surface area contributed by atoms with Gasteiger partial charge in [-0.05, 0) is 55.2 Å². The van der Waals surface area contributed by atoms with Crippen molar-refractivity contribution in [3.8, 4) is 5.69 Å². The number of benzene rings is 2. The van der Waals surface area contributed by atoms with Crippen LogP contribution in [-0.2, 0) is 11.3 Å². The van der Waals surface area contributed by atoms with E-state index >= 15 is 0 Å². The van der Waals surface area contributed by atoms with Gasteiger partial charge in [-0.3, -0.25) is 9.36 Å². The SMILES string of the molecule is Cc1ccc(-n2cnnc2SCC(=O)N(C)Cc2ccccc2C)cc1C. The Bertz CT molecular complexity index is 951. The van der Waals surface area contributed by atoms with Crippen LogP contribution < -0.4 is 0 Å². The molecule has 0 radical (unpaired) electrons. The lowest BCUT2D eigenvalue weighted by Crippen LogP contribution is -2.28. The second-order valence-corrected chi connectivity index (χ2v) is 7.66. The summed E-state index contributed by atoms with van der Waals surface area (Å²) in [6.07, 6.45) is 1.69. The van der Waals surface area contributed by atoms with Crippen molar-refractivity contribution < 1.29 is 4.79 Å². The van der Waals surface area contributed by atoms with Gasteiger partial charge in [-0.2, -0.15) is 0 Å². The molecule has 0 fully saturated rings. The highest BCUT2D eigenvalue weighted by Crippen LogP contribution is 2.22. The van der Waals surface area contributed by atoms with Crippen LogP contribution in [0.15, 0.2) is 53.9 Å². The fraction of sp³-hybridized carbons (Fsp3) is 0.286. The molecule has 0 bridgehead atoms. The summed E-state index contributed by atoms with van der Waals surface area (Å²) in [7, 11) is 1.84. The molecule has 0 aliphatic heterocycles. The number of carbonyl (C=O) groups excluding carboxylic acids is 1. The van der Waals surface area contributed by atoms with Crippen molar-refractivity contribution in [2.45, 2.75) is 32.5 Å². The van der Waals surface area contributed by atoms with E-state index < -0.39 is 0 Å². The van der Waals surface area contributed by atoms with Gasteiger partial charge in [-0.15, -0.1) is 10.2 Å². The first-order valence-corrected chi connectivity index (χ1v) is 9.83. The summed E-state index contributed by atoms with van der Waals surface area (Å²) in [4.78, 5) is 14.3. The molecule has 0 saturated heterocycles. The van der Waals surface area contributed by atoms with E-state index in [2.05, 4.69) is 55.2 Å². The van der Waals surface area contributed by atoms with Gasteiger partial charge in [0, 0.05) is 19.3 Å². The topological polar surface area (TPSA) is 51.0 Å². The standard InChI is InChI=1S/C21H24N4OS/c1-15-9-10-19(11-17(15)3)25-14-22-23-21(25)27-13-20(26)24(4)12-18-8-6-5-7-16(18)2/h5-11,14H,12-13H2,1-4H3. The molecule has 1 aromatic heterocycles. The smallest absolute Gasteiger partial charge is 0.233 e. The normalized spacial score (nSPS) is 10.8. The summed E-state index contributed by atoms with van der Waals surface area (Å²) < 4.78 is 1.92. The zero-order chi connectivity index (χ0) is 19.4. The van der Waals surface area contributed by atoms with Crippen LogP contribution >= 0.6 is 11.8 Å². The maximum Gasteiger partial charge on any atom is 0.233 e. The molecular weight excluding hydrogens is 356 g/mol. The molecule has 27 heavy (non-hydrogen) atoms. The molecule has 1 amide bonds. The third kappa shape index (κ3) is 4.57. The molecule has 0 unspecified atom stereocenters. The van der Waals surface area contributed by atoms with Crippen molar-refractivity contribution >= 4 is 17.7 Å². The third-order valence-electron chi connectivity index (χ3n) is 4.70. The summed E-state index contributed by atoms with van der Waals surface area (Å²) in [6, 6.07) is 14.4. The van der Waals surface area contributed by atoms with Crippen LogP contribution in [0.2, 0.25) is 0 Å². The van der Waals surface area contributed by atoms with Crippen molar-refractivity contribution in [2.24, 2.45) is 0 Å². The second-order valence-electron chi connectivity index (χ2n) is 6.72. The molecule has 6 heteroatoms. The fourth-order valence-electron chi connectivity index (χ4n) is 2.74. The number of aryl methyl sites for hydroxylation is 3. The van der Waals surface area contributed by atoms with Gasteiger partial charge in [0.05, 0.1) is 5.75 Å². The van der Waals surface area contributed by atoms with E-state index in [-0.39, 0.29) is 5.91 Å². The highest BCUT2D eigenvalue weighted by atomic mass is 32.2. The van der Waals surface area contributed by atoms with E-state index in [9.17, 15) is 4.79 Å². The summed E-state index contributed by atoms with van der Waals surface area (Å²) in [5.41, 5.74) is 5.82. The van der Waals surface area contributed by atoms with E-state index in [4.69, 9.17) is 0 Å². The average Bonchev–Trinajstić information content (AvgIpc) is 3.12. The van der Waals surface area contributed by atoms with Crippen LogP contribution in [-0.4, -0.2) is 38.4 Å². The lowest BCUT2D eigenvalue weighted by molar-refractivity contribution is -0.127. The van der Waals surface area contributed by atoms with E-state index in [1.165, 1.54) is 28.5 Å². The number of aromatic nitrogens is 3. The van der Waals surface area contributed by atoms with Gasteiger partial charge in [-0.1, -0.05) is 42.1 Å². The van der Waals surface area contributed by atoms with Crippen molar-refractivity contribution in [3.05, 3.63) is 71.0 Å². The molecule has 2 aromatic carbocycles. The zero-order valence-electron chi connectivity index (χ0n) is 16.1. The van der Waals surface area contributed by atoms with Gasteiger partial charge in [0.2, 0.25) is 5.91 Å². The van der Waals surface area contributed by atoms with Gasteiger partial charge >= 0.3 is 0 Å². The van der Waals surface area contributed by atoms with E-state index in [0.29, 0.717) is 12.3 Å². The highest BCUT2D eigenvalue weighted by Gasteiger charge is 2.14. The van der Waals surface area contributed by atoms with Gasteiger partial charge in [0.15, 0.2) is 5.16 Å². The number of nitrogens with zero attached hydrogens (tertiary/aromatic N) is 4. The summed E-state index contributed by atoms with van der Waals surface area (Å²) in [5.74, 6) is 0.393. The van der Waals surface area contributed by atoms with Crippen molar-refractivity contribution in [2.75, 3.05) is 12.8 Å². The lowest BCUT2D eigenvalue weighted by Gasteiger charge is -2.18. The molecule has 3 aromatic rings. The molecular formula is C21H24N4OS. The van der Waals surface area contributed by atoms with E-state index in [1.807, 2.05) is 29.8 Å². The molecule has 1 heterocycles. The highest BCUT2D eigenvalue weighted by molar-refractivity contribution is 7.99. The lowest BCUT2D eigenvalue weighted by atomic mass is 10.1. The van der Waals surface area contributed by atoms with Crippen molar-refractivity contribution in [1.82, 2.24) is 19.7 Å². The number of rotatable bonds is 6. The van der Waals surface area contributed by atoms with Crippen LogP contribution in [0.1, 0.15) is 22.3 Å². The predicted molar refractivity (Wildman–Crippen MR) is 109 cm³/mol. The monoisotopic (exact) mass is 380 g/mol. The molecule has 5 nitrogen and oxygen atoms in total. The Hall–Kier alpha value is -2.60. The Morgan fingerprint density at radius 2 is 1.85 bits per heavy atom. The summed E-state index contributed by atoms with van der Waals surface area (Å²) in [6.45, 7) is 6.84. The predicted octanol–water partition coefficient (Wildman–Crippen LogP) is 3.94. The number of hydrogen-bond donors (Lipinski definition) is 0. The number of carbonyl (C=O) groups is 1. The third-order valence-corrected chi connectivity index (χ3v) is 5.63. The minimum absolute atomic E-state index is 0.0675. The first-order chi connectivity index (χ1) is 13.0. The molecule has 0 aliphatic rings. The van der Waals surface area contributed by atoms with Gasteiger partial charge in [-0.25, -0.2) is 0 Å². The summed E-state index contributed by atoms with van der Waals surface area (Å²) in [5, 5.41) is 8.92. The van der Waals surface area contributed by atoms with Crippen LogP contribution in [0.3, 0.4) is 0 Å². The number of thioether (sulfide) groups is 1. The second kappa shape index (κ2) is 8.39. The molecule has 0 N–H and O–H groups in total. The average molecular weight is 381 g/mol. The van der Waals surface area contributed by atoms with Crippen LogP contribution in [0.25, 0.3) is 5.69 Å². The van der Waals surface area contributed by atoms with Crippen LogP contribution in [0.5, 0.6) is 0 Å².